The molecule has 23 atom stereocenters. The Kier molecular flexibility index (Phi) is 12.7. The van der Waals surface area contributed by atoms with E-state index in [1.807, 2.05) is 0 Å². The van der Waals surface area contributed by atoms with Crippen LogP contribution in [0, 0.1) is 44.8 Å². The number of ether oxygens (including phenoxy) is 6. The minimum absolute atomic E-state index is 0.0204. The average molecular weight is 899 g/mol. The van der Waals surface area contributed by atoms with Crippen LogP contribution in [0.25, 0.3) is 0 Å². The van der Waals surface area contributed by atoms with Crippen molar-refractivity contribution in [2.24, 2.45) is 44.8 Å². The van der Waals surface area contributed by atoms with Crippen LogP contribution < -0.4 is 0 Å². The van der Waals surface area contributed by atoms with Crippen LogP contribution in [0.1, 0.15) is 113 Å². The normalized spacial score (nSPS) is 55.7. The molecule has 5 aliphatic carbocycles. The molecule has 3 saturated heterocycles. The number of aliphatic hydroxyl groups excluding tert-OH is 8. The van der Waals surface area contributed by atoms with E-state index in [0.717, 1.165) is 32.1 Å². The van der Waals surface area contributed by atoms with Crippen molar-refractivity contribution in [1.82, 2.24) is 0 Å². The number of fused-ring (bicyclic) bond motifs is 7. The van der Waals surface area contributed by atoms with Gasteiger partial charge >= 0.3 is 5.97 Å². The molecule has 8 rings (SSSR count). The molecule has 0 aromatic rings. The molecule has 63 heavy (non-hydrogen) atoms. The first-order chi connectivity index (χ1) is 29.4. The summed E-state index contributed by atoms with van der Waals surface area (Å²) in [6.07, 6.45) is -12.5. The summed E-state index contributed by atoms with van der Waals surface area (Å²) in [5.74, 6) is -0.716. The van der Waals surface area contributed by atoms with E-state index in [1.165, 1.54) is 12.5 Å². The Morgan fingerprint density at radius 2 is 1.38 bits per heavy atom. The molecule has 0 bridgehead atoms. The van der Waals surface area contributed by atoms with Gasteiger partial charge in [0.15, 0.2) is 18.9 Å². The summed E-state index contributed by atoms with van der Waals surface area (Å²) in [7, 11) is 0. The van der Waals surface area contributed by atoms with Crippen molar-refractivity contribution in [3.8, 4) is 0 Å². The lowest BCUT2D eigenvalue weighted by Gasteiger charge is -2.71. The highest BCUT2D eigenvalue weighted by molar-refractivity contribution is 5.76. The number of aliphatic carboxylic acids is 1. The number of carboxylic acids is 1. The second kappa shape index (κ2) is 16.7. The van der Waals surface area contributed by atoms with Gasteiger partial charge in [-0.1, -0.05) is 46.3 Å². The summed E-state index contributed by atoms with van der Waals surface area (Å²) in [4.78, 5) is 13.1. The van der Waals surface area contributed by atoms with Crippen molar-refractivity contribution >= 4 is 5.97 Å². The number of hydrogen-bond acceptors (Lipinski definition) is 16. The predicted molar refractivity (Wildman–Crippen MR) is 220 cm³/mol. The molecule has 10 N–H and O–H groups in total. The quantitative estimate of drug-likeness (QED) is 0.121. The molecule has 8 aliphatic rings. The molecular formula is C46H74O17. The van der Waals surface area contributed by atoms with Gasteiger partial charge in [-0.15, -0.1) is 0 Å². The lowest BCUT2D eigenvalue weighted by atomic mass is 9.34. The number of hydrogen-bond donors (Lipinski definition) is 10. The van der Waals surface area contributed by atoms with Crippen molar-refractivity contribution in [1.29, 1.82) is 0 Å². The first kappa shape index (κ1) is 48.1. The Hall–Kier alpha value is -1.39. The molecule has 7 fully saturated rings. The number of aliphatic hydroxyl groups is 9. The van der Waals surface area contributed by atoms with Crippen LogP contribution >= 0.6 is 0 Å². The van der Waals surface area contributed by atoms with E-state index in [9.17, 15) is 55.9 Å². The van der Waals surface area contributed by atoms with E-state index in [1.54, 1.807) is 6.92 Å². The van der Waals surface area contributed by atoms with Crippen LogP contribution in [0.2, 0.25) is 0 Å². The first-order valence-corrected chi connectivity index (χ1v) is 23.3. The van der Waals surface area contributed by atoms with Crippen molar-refractivity contribution < 1.29 is 84.3 Å². The first-order valence-electron chi connectivity index (χ1n) is 23.3. The summed E-state index contributed by atoms with van der Waals surface area (Å²) >= 11 is 0. The van der Waals surface area contributed by atoms with E-state index in [2.05, 4.69) is 40.7 Å². The van der Waals surface area contributed by atoms with E-state index in [4.69, 9.17) is 28.4 Å². The van der Waals surface area contributed by atoms with E-state index in [-0.39, 0.29) is 46.0 Å². The standard InChI is InChI=1S/C46H74O17/c1-21-29(48)32(51)34(53)37(59-21)63-36-31(50)25(61-38-35(54)33(52)30(49)24(19-47)60-38)20-58-39(36)62-28-11-12-42(4)26-9-8-22-23-18-41(2,3)14-16-46(23,40(55)56)17-15-43(22,5)44(26,6)13-10-27(42)45(28,7)57/h8,21,23-39,47-54,57H,9-20H2,1-7H3,(H,55,56)/t21-,23-,24+,25-,26+,27+,28-,29-,30+,31-,32+,33-,34+,35+,36+,37-,38-,39-,42+,43+,44+,45-,46-/m0/s1. The molecule has 0 amide bonds. The summed E-state index contributed by atoms with van der Waals surface area (Å²) in [5, 5.41) is 108. The van der Waals surface area contributed by atoms with E-state index >= 15 is 0 Å². The van der Waals surface area contributed by atoms with Gasteiger partial charge in [0.1, 0.15) is 61.0 Å². The minimum Gasteiger partial charge on any atom is -0.481 e. The van der Waals surface area contributed by atoms with Crippen molar-refractivity contribution in [3.05, 3.63) is 11.6 Å². The molecule has 3 aliphatic heterocycles. The van der Waals surface area contributed by atoms with Gasteiger partial charge in [-0.25, -0.2) is 0 Å². The van der Waals surface area contributed by atoms with Crippen LogP contribution in [0.3, 0.4) is 0 Å². The van der Waals surface area contributed by atoms with Crippen LogP contribution in [-0.4, -0.2) is 168 Å². The summed E-state index contributed by atoms with van der Waals surface area (Å²) < 4.78 is 36.2. The summed E-state index contributed by atoms with van der Waals surface area (Å²) in [6.45, 7) is 13.8. The highest BCUT2D eigenvalue weighted by Crippen LogP contribution is 2.75. The van der Waals surface area contributed by atoms with Crippen molar-refractivity contribution in [3.63, 3.8) is 0 Å². The molecule has 17 nitrogen and oxygen atoms in total. The molecule has 3 heterocycles. The fraction of sp³-hybridized carbons (Fsp3) is 0.935. The van der Waals surface area contributed by atoms with Crippen LogP contribution in [-0.2, 0) is 33.2 Å². The van der Waals surface area contributed by atoms with Crippen molar-refractivity contribution in [2.75, 3.05) is 13.2 Å². The van der Waals surface area contributed by atoms with Crippen LogP contribution in [0.5, 0.6) is 0 Å². The summed E-state index contributed by atoms with van der Waals surface area (Å²) in [6, 6.07) is 0. The Balaban J connectivity index is 1.04. The highest BCUT2D eigenvalue weighted by Gasteiger charge is 2.70. The predicted octanol–water partition coefficient (Wildman–Crippen LogP) is 1.10. The number of allylic oxidation sites excluding steroid dienone is 2. The lowest BCUT2D eigenvalue weighted by molar-refractivity contribution is -0.382. The largest absolute Gasteiger partial charge is 0.481 e. The average Bonchev–Trinajstić information content (AvgIpc) is 3.22. The van der Waals surface area contributed by atoms with Gasteiger partial charge < -0.3 is 79.5 Å². The zero-order valence-corrected chi connectivity index (χ0v) is 37.8. The number of carboxylic acid groups (broad SMARTS) is 1. The third-order valence-electron chi connectivity index (χ3n) is 18.6. The fourth-order valence-electron chi connectivity index (χ4n) is 14.4. The Morgan fingerprint density at radius 1 is 0.730 bits per heavy atom. The second-order valence-electron chi connectivity index (χ2n) is 22.4. The minimum atomic E-state index is -1.78. The molecular weight excluding hydrogens is 824 g/mol. The van der Waals surface area contributed by atoms with Gasteiger partial charge in [-0.05, 0) is 117 Å². The zero-order valence-electron chi connectivity index (χ0n) is 37.8. The van der Waals surface area contributed by atoms with Gasteiger partial charge in [0.25, 0.3) is 0 Å². The van der Waals surface area contributed by atoms with Gasteiger partial charge in [0.2, 0.25) is 0 Å². The van der Waals surface area contributed by atoms with Gasteiger partial charge in [-0.3, -0.25) is 4.79 Å². The monoisotopic (exact) mass is 898 g/mol. The molecule has 4 saturated carbocycles. The fourth-order valence-corrected chi connectivity index (χ4v) is 14.4. The maximum atomic E-state index is 13.1. The molecule has 0 unspecified atom stereocenters. The smallest absolute Gasteiger partial charge is 0.310 e. The molecule has 360 valence electrons. The molecule has 0 aromatic carbocycles. The molecule has 0 spiro atoms. The molecule has 0 aromatic heterocycles. The maximum Gasteiger partial charge on any atom is 0.310 e. The number of rotatable bonds is 8. The SMILES string of the molecule is C[C@@H]1O[C@@H](O[C@H]2[C@H](O[C@H]3CC[C@]4(C)[C@H]5CC=C6[C@@H]7CC(C)(C)CC[C@]7(C(=O)O)CC[C@@]6(C)[C@]5(C)CC[C@H]4[C@]3(C)O)OC[C@H](O[C@@H]3O[C@H](CO)[C@@H](O)[C@H](O)[C@H]3O)[C@@H]2O)[C@H](O)[C@H](O)[C@H]1O. The number of carbonyl (C=O) groups is 1. The van der Waals surface area contributed by atoms with Gasteiger partial charge in [0.05, 0.1) is 36.4 Å². The molecule has 0 radical (unpaired) electrons. The highest BCUT2D eigenvalue weighted by atomic mass is 16.8. The van der Waals surface area contributed by atoms with E-state index < -0.39 is 116 Å². The third-order valence-corrected chi connectivity index (χ3v) is 18.6. The zero-order chi connectivity index (χ0) is 46.0. The Morgan fingerprint density at radius 3 is 2.05 bits per heavy atom. The summed E-state index contributed by atoms with van der Waals surface area (Å²) in [5.41, 5.74) is -1.47. The van der Waals surface area contributed by atoms with Gasteiger partial charge in [0, 0.05) is 0 Å². The lowest BCUT2D eigenvalue weighted by Crippen LogP contribution is -2.68. The van der Waals surface area contributed by atoms with Crippen molar-refractivity contribution in [2.45, 2.75) is 210 Å². The molecule has 17 heteroatoms. The Bertz CT molecular complexity index is 1720. The van der Waals surface area contributed by atoms with Crippen LogP contribution in [0.4, 0.5) is 0 Å². The van der Waals surface area contributed by atoms with Gasteiger partial charge in [-0.2, -0.15) is 0 Å². The topological polar surface area (TPSA) is 275 Å². The Labute approximate surface area is 369 Å². The second-order valence-corrected chi connectivity index (χ2v) is 22.4. The van der Waals surface area contributed by atoms with Crippen LogP contribution in [0.15, 0.2) is 11.6 Å². The van der Waals surface area contributed by atoms with E-state index in [0.29, 0.717) is 32.1 Å². The maximum absolute atomic E-state index is 13.1. The third kappa shape index (κ3) is 7.50.